The van der Waals surface area contributed by atoms with Gasteiger partial charge in [0.2, 0.25) is 0 Å². The molecular weight excluding hydrogens is 312 g/mol. The molecule has 2 aromatic rings. The van der Waals surface area contributed by atoms with Gasteiger partial charge in [-0.2, -0.15) is 0 Å². The lowest BCUT2D eigenvalue weighted by Gasteiger charge is -2.20. The van der Waals surface area contributed by atoms with E-state index >= 15 is 0 Å². The van der Waals surface area contributed by atoms with Crippen LogP contribution < -0.4 is 5.32 Å². The minimum absolute atomic E-state index is 0.217. The maximum Gasteiger partial charge on any atom is 0.358 e. The van der Waals surface area contributed by atoms with Crippen LogP contribution >= 0.6 is 11.3 Å². The Morgan fingerprint density at radius 1 is 1.22 bits per heavy atom. The molecule has 0 saturated heterocycles. The SMILES string of the molecule is Cc1ccc(-c2nc(C(=O)OCC(=O)NC(C)(C)C)cs2)cc1. The third-order valence-electron chi connectivity index (χ3n) is 2.86. The summed E-state index contributed by atoms with van der Waals surface area (Å²) in [6, 6.07) is 7.90. The number of esters is 1. The van der Waals surface area contributed by atoms with Gasteiger partial charge in [0.15, 0.2) is 12.3 Å². The smallest absolute Gasteiger partial charge is 0.358 e. The van der Waals surface area contributed by atoms with Crippen LogP contribution in [-0.2, 0) is 9.53 Å². The van der Waals surface area contributed by atoms with Gasteiger partial charge in [0.1, 0.15) is 5.01 Å². The molecule has 0 unspecified atom stereocenters. The number of carbonyl (C=O) groups excluding carboxylic acids is 2. The normalized spacial score (nSPS) is 11.1. The molecule has 0 bridgehead atoms. The molecule has 1 aromatic carbocycles. The molecule has 1 amide bonds. The summed E-state index contributed by atoms with van der Waals surface area (Å²) in [6.07, 6.45) is 0. The van der Waals surface area contributed by atoms with Crippen LogP contribution in [0.15, 0.2) is 29.6 Å². The molecule has 0 aliphatic rings. The van der Waals surface area contributed by atoms with E-state index in [4.69, 9.17) is 4.74 Å². The van der Waals surface area contributed by atoms with Crippen molar-refractivity contribution in [3.8, 4) is 10.6 Å². The zero-order chi connectivity index (χ0) is 17.0. The van der Waals surface area contributed by atoms with Crippen LogP contribution in [-0.4, -0.2) is 29.0 Å². The standard InChI is InChI=1S/C17H20N2O3S/c1-11-5-7-12(8-6-11)15-18-13(10-23-15)16(21)22-9-14(20)19-17(2,3)4/h5-8,10H,9H2,1-4H3,(H,19,20). The number of thiazole rings is 1. The third kappa shape index (κ3) is 5.17. The fourth-order valence-corrected chi connectivity index (χ4v) is 2.65. The summed E-state index contributed by atoms with van der Waals surface area (Å²) in [4.78, 5) is 27.9. The fourth-order valence-electron chi connectivity index (χ4n) is 1.86. The van der Waals surface area contributed by atoms with Crippen molar-refractivity contribution >= 4 is 23.2 Å². The van der Waals surface area contributed by atoms with E-state index in [0.717, 1.165) is 16.1 Å². The average molecular weight is 332 g/mol. The van der Waals surface area contributed by atoms with Gasteiger partial charge in [-0.1, -0.05) is 29.8 Å². The molecule has 1 N–H and O–H groups in total. The van der Waals surface area contributed by atoms with E-state index in [0.29, 0.717) is 0 Å². The van der Waals surface area contributed by atoms with Crippen LogP contribution in [0.3, 0.4) is 0 Å². The number of hydrogen-bond acceptors (Lipinski definition) is 5. The minimum Gasteiger partial charge on any atom is -0.451 e. The zero-order valence-electron chi connectivity index (χ0n) is 13.7. The molecule has 2 rings (SSSR count). The highest BCUT2D eigenvalue weighted by Crippen LogP contribution is 2.24. The van der Waals surface area contributed by atoms with E-state index in [2.05, 4.69) is 10.3 Å². The van der Waals surface area contributed by atoms with E-state index in [1.165, 1.54) is 11.3 Å². The van der Waals surface area contributed by atoms with Gasteiger partial charge in [-0.25, -0.2) is 9.78 Å². The lowest BCUT2D eigenvalue weighted by molar-refractivity contribution is -0.125. The summed E-state index contributed by atoms with van der Waals surface area (Å²) >= 11 is 1.37. The van der Waals surface area contributed by atoms with Crippen molar-refractivity contribution in [1.82, 2.24) is 10.3 Å². The number of amides is 1. The number of aromatic nitrogens is 1. The second-order valence-corrected chi connectivity index (χ2v) is 7.14. The summed E-state index contributed by atoms with van der Waals surface area (Å²) in [5.41, 5.74) is 1.97. The van der Waals surface area contributed by atoms with Crippen molar-refractivity contribution in [2.24, 2.45) is 0 Å². The van der Waals surface area contributed by atoms with Crippen LogP contribution in [0.4, 0.5) is 0 Å². The van der Waals surface area contributed by atoms with Gasteiger partial charge < -0.3 is 10.1 Å². The summed E-state index contributed by atoms with van der Waals surface area (Å²) in [5.74, 6) is -0.927. The summed E-state index contributed by atoms with van der Waals surface area (Å²) in [6.45, 7) is 7.29. The van der Waals surface area contributed by atoms with Crippen molar-refractivity contribution in [2.45, 2.75) is 33.2 Å². The molecular formula is C17H20N2O3S. The number of nitrogens with zero attached hydrogens (tertiary/aromatic N) is 1. The van der Waals surface area contributed by atoms with Crippen LogP contribution in [0.2, 0.25) is 0 Å². The highest BCUT2D eigenvalue weighted by atomic mass is 32.1. The average Bonchev–Trinajstić information content (AvgIpc) is 2.93. The van der Waals surface area contributed by atoms with Crippen LogP contribution in [0.1, 0.15) is 36.8 Å². The largest absolute Gasteiger partial charge is 0.451 e. The topological polar surface area (TPSA) is 68.3 Å². The summed E-state index contributed by atoms with van der Waals surface area (Å²) < 4.78 is 5.00. The number of hydrogen-bond donors (Lipinski definition) is 1. The van der Waals surface area contributed by atoms with Gasteiger partial charge in [0, 0.05) is 16.5 Å². The number of ether oxygens (including phenoxy) is 1. The Morgan fingerprint density at radius 2 is 1.87 bits per heavy atom. The predicted molar refractivity (Wildman–Crippen MR) is 90.5 cm³/mol. The molecule has 0 spiro atoms. The molecule has 23 heavy (non-hydrogen) atoms. The van der Waals surface area contributed by atoms with E-state index in [9.17, 15) is 9.59 Å². The maximum atomic E-state index is 12.0. The Hall–Kier alpha value is -2.21. The Bertz CT molecular complexity index is 699. The Morgan fingerprint density at radius 3 is 2.48 bits per heavy atom. The van der Waals surface area contributed by atoms with Gasteiger partial charge in [-0.15, -0.1) is 11.3 Å². The van der Waals surface area contributed by atoms with E-state index in [-0.39, 0.29) is 23.7 Å². The molecule has 0 atom stereocenters. The van der Waals surface area contributed by atoms with Crippen molar-refractivity contribution in [2.75, 3.05) is 6.61 Å². The predicted octanol–water partition coefficient (Wildman–Crippen LogP) is 3.19. The minimum atomic E-state index is -0.594. The van der Waals surface area contributed by atoms with Gasteiger partial charge in [-0.05, 0) is 27.7 Å². The number of benzene rings is 1. The summed E-state index contributed by atoms with van der Waals surface area (Å²) in [7, 11) is 0. The zero-order valence-corrected chi connectivity index (χ0v) is 14.5. The number of carbonyl (C=O) groups is 2. The quantitative estimate of drug-likeness (QED) is 0.873. The highest BCUT2D eigenvalue weighted by Gasteiger charge is 2.17. The van der Waals surface area contributed by atoms with Gasteiger partial charge in [-0.3, -0.25) is 4.79 Å². The van der Waals surface area contributed by atoms with Crippen molar-refractivity contribution in [1.29, 1.82) is 0 Å². The van der Waals surface area contributed by atoms with E-state index < -0.39 is 5.97 Å². The molecule has 0 saturated carbocycles. The lowest BCUT2D eigenvalue weighted by Crippen LogP contribution is -2.42. The highest BCUT2D eigenvalue weighted by molar-refractivity contribution is 7.13. The van der Waals surface area contributed by atoms with Gasteiger partial charge in [0.05, 0.1) is 0 Å². The molecule has 0 radical (unpaired) electrons. The van der Waals surface area contributed by atoms with Crippen LogP contribution in [0.25, 0.3) is 10.6 Å². The first-order valence-corrected chi connectivity index (χ1v) is 8.13. The maximum absolute atomic E-state index is 12.0. The van der Waals surface area contributed by atoms with Crippen LogP contribution in [0.5, 0.6) is 0 Å². The molecule has 0 fully saturated rings. The Labute approximate surface area is 139 Å². The summed E-state index contributed by atoms with van der Waals surface area (Å²) in [5, 5.41) is 5.11. The second-order valence-electron chi connectivity index (χ2n) is 6.28. The van der Waals surface area contributed by atoms with Gasteiger partial charge >= 0.3 is 5.97 Å². The number of aryl methyl sites for hydroxylation is 1. The molecule has 0 aliphatic heterocycles. The molecule has 0 aliphatic carbocycles. The fraction of sp³-hybridized carbons (Fsp3) is 0.353. The monoisotopic (exact) mass is 332 g/mol. The number of nitrogens with one attached hydrogen (secondary N) is 1. The first kappa shape index (κ1) is 17.1. The van der Waals surface area contributed by atoms with Crippen LogP contribution in [0, 0.1) is 6.92 Å². The molecule has 5 nitrogen and oxygen atoms in total. The van der Waals surface area contributed by atoms with E-state index in [1.54, 1.807) is 5.38 Å². The molecule has 6 heteroatoms. The second kappa shape index (κ2) is 6.91. The van der Waals surface area contributed by atoms with Crippen molar-refractivity contribution in [3.05, 3.63) is 40.9 Å². The Kier molecular flexibility index (Phi) is 5.15. The van der Waals surface area contributed by atoms with Crippen molar-refractivity contribution < 1.29 is 14.3 Å². The Balaban J connectivity index is 1.96. The first-order valence-electron chi connectivity index (χ1n) is 7.25. The number of rotatable bonds is 4. The lowest BCUT2D eigenvalue weighted by atomic mass is 10.1. The molecule has 1 aromatic heterocycles. The first-order chi connectivity index (χ1) is 10.7. The molecule has 122 valence electrons. The molecule has 1 heterocycles. The van der Waals surface area contributed by atoms with Crippen molar-refractivity contribution in [3.63, 3.8) is 0 Å². The third-order valence-corrected chi connectivity index (χ3v) is 3.75. The van der Waals surface area contributed by atoms with Gasteiger partial charge in [0.25, 0.3) is 5.91 Å². The van der Waals surface area contributed by atoms with E-state index in [1.807, 2.05) is 52.0 Å².